The number of fused-ring (bicyclic) bond motifs is 2. The minimum atomic E-state index is -0.598. The van der Waals surface area contributed by atoms with E-state index in [1.807, 2.05) is 74.1 Å². The van der Waals surface area contributed by atoms with E-state index in [-0.39, 0.29) is 17.5 Å². The molecule has 2 aromatic carbocycles. The Morgan fingerprint density at radius 2 is 1.90 bits per heavy atom. The van der Waals surface area contributed by atoms with E-state index in [1.165, 1.54) is 11.9 Å². The van der Waals surface area contributed by atoms with Gasteiger partial charge in [-0.1, -0.05) is 42.5 Å². The van der Waals surface area contributed by atoms with Crippen LogP contribution in [0.5, 0.6) is 0 Å². The SMILES string of the molecule is CC(C)(C)OC(=O)N1CCC(C(=O)c2cc(-c3ccc4cn(Cc5ccccc5)nc4c3)c3c(N)ncnn23)C1. The number of nitrogen functional groups attached to an aromatic ring is 1. The van der Waals surface area contributed by atoms with Crippen LogP contribution in [0.1, 0.15) is 43.2 Å². The molecule has 0 spiro atoms. The molecule has 204 valence electrons. The molecule has 0 aliphatic carbocycles. The summed E-state index contributed by atoms with van der Waals surface area (Å²) in [5.41, 5.74) is 10.3. The maximum absolute atomic E-state index is 13.7. The predicted molar refractivity (Wildman–Crippen MR) is 152 cm³/mol. The molecule has 4 heterocycles. The Kier molecular flexibility index (Phi) is 6.25. The molecule has 10 nitrogen and oxygen atoms in total. The third-order valence-corrected chi connectivity index (χ3v) is 7.10. The molecular formula is C30H31N7O3. The summed E-state index contributed by atoms with van der Waals surface area (Å²) in [7, 11) is 0. The largest absolute Gasteiger partial charge is 0.444 e. The number of Topliss-reactive ketones (excluding diaryl/α,β-unsaturated/α-hetero) is 1. The number of amides is 1. The minimum absolute atomic E-state index is 0.0985. The van der Waals surface area contributed by atoms with Gasteiger partial charge in [-0.2, -0.15) is 10.2 Å². The number of aromatic nitrogens is 5. The molecule has 40 heavy (non-hydrogen) atoms. The van der Waals surface area contributed by atoms with Crippen molar-refractivity contribution in [3.8, 4) is 11.1 Å². The van der Waals surface area contributed by atoms with Gasteiger partial charge in [-0.3, -0.25) is 9.48 Å². The quantitative estimate of drug-likeness (QED) is 0.319. The molecule has 3 aromatic heterocycles. The molecule has 1 aliphatic rings. The van der Waals surface area contributed by atoms with Crippen LogP contribution in [-0.2, 0) is 11.3 Å². The highest BCUT2D eigenvalue weighted by molar-refractivity contribution is 6.03. The van der Waals surface area contributed by atoms with E-state index in [2.05, 4.69) is 22.2 Å². The average Bonchev–Trinajstić information content (AvgIpc) is 3.65. The molecule has 0 radical (unpaired) electrons. The Hall–Kier alpha value is -4.73. The Balaban J connectivity index is 1.32. The third kappa shape index (κ3) is 4.88. The topological polar surface area (TPSA) is 121 Å². The van der Waals surface area contributed by atoms with Crippen LogP contribution >= 0.6 is 0 Å². The van der Waals surface area contributed by atoms with Gasteiger partial charge in [0.15, 0.2) is 11.6 Å². The van der Waals surface area contributed by atoms with Crippen molar-refractivity contribution in [1.29, 1.82) is 0 Å². The first-order valence-electron chi connectivity index (χ1n) is 13.3. The van der Waals surface area contributed by atoms with Gasteiger partial charge in [0.2, 0.25) is 0 Å². The number of carbonyl (C=O) groups is 2. The lowest BCUT2D eigenvalue weighted by Crippen LogP contribution is -2.36. The summed E-state index contributed by atoms with van der Waals surface area (Å²) < 4.78 is 8.98. The maximum atomic E-state index is 13.7. The van der Waals surface area contributed by atoms with Gasteiger partial charge in [0.25, 0.3) is 0 Å². The van der Waals surface area contributed by atoms with Crippen LogP contribution in [-0.4, -0.2) is 59.8 Å². The highest BCUT2D eigenvalue weighted by Crippen LogP contribution is 2.34. The number of nitrogens with two attached hydrogens (primary N) is 1. The molecule has 1 saturated heterocycles. The summed E-state index contributed by atoms with van der Waals surface area (Å²) >= 11 is 0. The fraction of sp³-hybridized carbons (Fsp3) is 0.300. The molecule has 1 unspecified atom stereocenters. The summed E-state index contributed by atoms with van der Waals surface area (Å²) in [5.74, 6) is -0.190. The summed E-state index contributed by atoms with van der Waals surface area (Å²) in [6.07, 6.45) is 3.51. The zero-order valence-electron chi connectivity index (χ0n) is 22.7. The fourth-order valence-corrected chi connectivity index (χ4v) is 5.23. The normalized spacial score (nSPS) is 15.7. The molecular weight excluding hydrogens is 506 g/mol. The molecule has 1 atom stereocenters. The van der Waals surface area contributed by atoms with Gasteiger partial charge in [-0.15, -0.1) is 0 Å². The van der Waals surface area contributed by atoms with Crippen LogP contribution in [0.3, 0.4) is 0 Å². The first-order valence-corrected chi connectivity index (χ1v) is 13.3. The van der Waals surface area contributed by atoms with Crippen LogP contribution in [0.15, 0.2) is 67.1 Å². The van der Waals surface area contributed by atoms with Crippen LogP contribution < -0.4 is 5.73 Å². The van der Waals surface area contributed by atoms with Crippen molar-refractivity contribution in [3.05, 3.63) is 78.4 Å². The Bertz CT molecular complexity index is 1730. The molecule has 1 aliphatic heterocycles. The number of ether oxygens (including phenoxy) is 1. The van der Waals surface area contributed by atoms with Crippen LogP contribution in [0, 0.1) is 5.92 Å². The molecule has 10 heteroatoms. The highest BCUT2D eigenvalue weighted by Gasteiger charge is 2.35. The van der Waals surface area contributed by atoms with Gasteiger partial charge < -0.3 is 15.4 Å². The molecule has 0 saturated carbocycles. The molecule has 0 bridgehead atoms. The van der Waals surface area contributed by atoms with Crippen molar-refractivity contribution in [3.63, 3.8) is 0 Å². The van der Waals surface area contributed by atoms with Crippen LogP contribution in [0.4, 0.5) is 10.6 Å². The number of likely N-dealkylation sites (tertiary alicyclic amines) is 1. The van der Waals surface area contributed by atoms with Crippen molar-refractivity contribution in [1.82, 2.24) is 29.3 Å². The summed E-state index contributed by atoms with van der Waals surface area (Å²) in [6.45, 7) is 6.90. The van der Waals surface area contributed by atoms with E-state index >= 15 is 0 Å². The Morgan fingerprint density at radius 3 is 2.67 bits per heavy atom. The Labute approximate surface area is 231 Å². The third-order valence-electron chi connectivity index (χ3n) is 7.10. The van der Waals surface area contributed by atoms with Crippen molar-refractivity contribution >= 4 is 34.1 Å². The fourth-order valence-electron chi connectivity index (χ4n) is 5.23. The van der Waals surface area contributed by atoms with Gasteiger partial charge in [-0.05, 0) is 50.5 Å². The number of ketones is 1. The predicted octanol–water partition coefficient (Wildman–Crippen LogP) is 4.82. The molecule has 1 amide bonds. The first kappa shape index (κ1) is 25.5. The number of anilines is 1. The monoisotopic (exact) mass is 537 g/mol. The first-order chi connectivity index (χ1) is 19.2. The van der Waals surface area contributed by atoms with Crippen LogP contribution in [0.25, 0.3) is 27.5 Å². The van der Waals surface area contributed by atoms with Crippen molar-refractivity contribution in [2.24, 2.45) is 5.92 Å². The lowest BCUT2D eigenvalue weighted by Gasteiger charge is -2.24. The number of nitrogens with zero attached hydrogens (tertiary/aromatic N) is 6. The molecule has 2 N–H and O–H groups in total. The number of benzene rings is 2. The minimum Gasteiger partial charge on any atom is -0.444 e. The smallest absolute Gasteiger partial charge is 0.410 e. The van der Waals surface area contributed by atoms with Gasteiger partial charge in [0.05, 0.1) is 12.1 Å². The lowest BCUT2D eigenvalue weighted by atomic mass is 9.99. The second-order valence-electron chi connectivity index (χ2n) is 11.2. The van der Waals surface area contributed by atoms with E-state index in [0.717, 1.165) is 22.0 Å². The van der Waals surface area contributed by atoms with Crippen molar-refractivity contribution in [2.75, 3.05) is 18.8 Å². The zero-order valence-corrected chi connectivity index (χ0v) is 22.7. The molecule has 5 aromatic rings. The van der Waals surface area contributed by atoms with Gasteiger partial charge >= 0.3 is 6.09 Å². The van der Waals surface area contributed by atoms with Crippen LogP contribution in [0.2, 0.25) is 0 Å². The van der Waals surface area contributed by atoms with E-state index in [1.54, 1.807) is 9.42 Å². The molecule has 6 rings (SSSR count). The van der Waals surface area contributed by atoms with Crippen molar-refractivity contribution in [2.45, 2.75) is 39.3 Å². The lowest BCUT2D eigenvalue weighted by molar-refractivity contribution is 0.0289. The second-order valence-corrected chi connectivity index (χ2v) is 11.2. The average molecular weight is 538 g/mol. The van der Waals surface area contributed by atoms with Gasteiger partial charge in [-0.25, -0.2) is 14.3 Å². The number of rotatable bonds is 5. The number of carbonyl (C=O) groups excluding carboxylic acids is 2. The number of hydrogen-bond acceptors (Lipinski definition) is 7. The number of hydrogen-bond donors (Lipinski definition) is 1. The second kappa shape index (κ2) is 9.78. The highest BCUT2D eigenvalue weighted by atomic mass is 16.6. The van der Waals surface area contributed by atoms with E-state index in [4.69, 9.17) is 15.6 Å². The molecule has 1 fully saturated rings. The standard InChI is InChI=1S/C30H31N7O3/c1-30(2,3)40-29(39)35-12-11-22(16-35)27(38)25-14-23(26-28(31)32-18-33-37(25)26)20-9-10-21-17-36(34-24(21)13-20)15-19-7-5-4-6-8-19/h4-10,13-14,17-18,22H,11-12,15-16H2,1-3H3,(H2,31,32,33). The van der Waals surface area contributed by atoms with E-state index < -0.39 is 11.7 Å². The van der Waals surface area contributed by atoms with Crippen molar-refractivity contribution < 1.29 is 14.3 Å². The zero-order chi connectivity index (χ0) is 28.0. The van der Waals surface area contributed by atoms with E-state index in [9.17, 15) is 9.59 Å². The van der Waals surface area contributed by atoms with Gasteiger partial charge in [0, 0.05) is 36.2 Å². The summed E-state index contributed by atoms with van der Waals surface area (Å²) in [4.78, 5) is 32.1. The summed E-state index contributed by atoms with van der Waals surface area (Å²) in [6, 6.07) is 18.0. The van der Waals surface area contributed by atoms with E-state index in [0.29, 0.717) is 37.3 Å². The Morgan fingerprint density at radius 1 is 1.10 bits per heavy atom. The maximum Gasteiger partial charge on any atom is 0.410 e. The van der Waals surface area contributed by atoms with Gasteiger partial charge in [0.1, 0.15) is 23.1 Å². The summed E-state index contributed by atoms with van der Waals surface area (Å²) in [5, 5.41) is 10.2.